The van der Waals surface area contributed by atoms with Crippen LogP contribution >= 0.6 is 0 Å². The molecule has 0 heterocycles. The van der Waals surface area contributed by atoms with Crippen molar-refractivity contribution in [1.29, 1.82) is 0 Å². The van der Waals surface area contributed by atoms with Gasteiger partial charge in [0.2, 0.25) is 0 Å². The van der Waals surface area contributed by atoms with E-state index >= 15 is 0 Å². The fourth-order valence-electron chi connectivity index (χ4n) is 1.00. The number of benzene rings is 1. The van der Waals surface area contributed by atoms with Crippen LogP contribution in [-0.4, -0.2) is 13.4 Å². The summed E-state index contributed by atoms with van der Waals surface area (Å²) in [6.07, 6.45) is 0.594. The third-order valence-corrected chi connectivity index (χ3v) is 1.75. The Labute approximate surface area is 70.0 Å². The molecule has 0 amide bonds. The monoisotopic (exact) mass is 168 g/mol. The van der Waals surface area contributed by atoms with Gasteiger partial charge in [0.05, 0.1) is 12.7 Å². The molecule has 1 aromatic rings. The first kappa shape index (κ1) is 8.71. The Kier molecular flexibility index (Phi) is 2.43. The zero-order valence-electron chi connectivity index (χ0n) is 6.93. The van der Waals surface area contributed by atoms with Crippen molar-refractivity contribution in [3.8, 4) is 5.75 Å². The predicted octanol–water partition coefficient (Wildman–Crippen LogP) is 1.96. The number of rotatable bonds is 2. The minimum atomic E-state index is -0.391. The number of hydrogen-bond donors (Lipinski definition) is 0. The number of hydrogen-bond acceptors (Lipinski definition) is 2. The lowest BCUT2D eigenvalue weighted by Crippen LogP contribution is -1.96. The van der Waals surface area contributed by atoms with Crippen molar-refractivity contribution in [3.05, 3.63) is 29.1 Å². The van der Waals surface area contributed by atoms with Crippen molar-refractivity contribution in [3.63, 3.8) is 0 Å². The fourth-order valence-corrected chi connectivity index (χ4v) is 1.00. The lowest BCUT2D eigenvalue weighted by molar-refractivity contribution is 0.111. The summed E-state index contributed by atoms with van der Waals surface area (Å²) in [5.74, 6) is 0.0156. The Morgan fingerprint density at radius 2 is 2.17 bits per heavy atom. The maximum Gasteiger partial charge on any atom is 0.154 e. The second-order valence-electron chi connectivity index (χ2n) is 2.41. The topological polar surface area (TPSA) is 26.3 Å². The van der Waals surface area contributed by atoms with Crippen molar-refractivity contribution in [1.82, 2.24) is 0 Å². The maximum absolute atomic E-state index is 12.9. The van der Waals surface area contributed by atoms with E-state index in [9.17, 15) is 9.18 Å². The molecule has 1 aromatic carbocycles. The minimum Gasteiger partial charge on any atom is -0.496 e. The van der Waals surface area contributed by atoms with E-state index in [2.05, 4.69) is 0 Å². The van der Waals surface area contributed by atoms with Gasteiger partial charge in [-0.15, -0.1) is 0 Å². The Morgan fingerprint density at radius 1 is 1.50 bits per heavy atom. The van der Waals surface area contributed by atoms with Gasteiger partial charge in [-0.2, -0.15) is 0 Å². The molecule has 0 saturated carbocycles. The molecule has 0 radical (unpaired) electrons. The summed E-state index contributed by atoms with van der Waals surface area (Å²) >= 11 is 0. The van der Waals surface area contributed by atoms with Crippen LogP contribution in [0.3, 0.4) is 0 Å². The van der Waals surface area contributed by atoms with Gasteiger partial charge >= 0.3 is 0 Å². The second kappa shape index (κ2) is 3.34. The molecule has 0 aliphatic carbocycles. The minimum absolute atomic E-state index is 0.275. The number of halogens is 1. The van der Waals surface area contributed by atoms with E-state index in [1.165, 1.54) is 19.2 Å². The second-order valence-corrected chi connectivity index (χ2v) is 2.41. The van der Waals surface area contributed by atoms with E-state index in [-0.39, 0.29) is 5.56 Å². The highest BCUT2D eigenvalue weighted by Crippen LogP contribution is 2.21. The molecule has 0 bridgehead atoms. The van der Waals surface area contributed by atoms with Gasteiger partial charge in [-0.3, -0.25) is 4.79 Å². The van der Waals surface area contributed by atoms with Gasteiger partial charge in [0.1, 0.15) is 11.6 Å². The maximum atomic E-state index is 12.9. The molecule has 12 heavy (non-hydrogen) atoms. The molecule has 0 fully saturated rings. The van der Waals surface area contributed by atoms with Gasteiger partial charge in [0.25, 0.3) is 0 Å². The molecule has 0 aliphatic heterocycles. The molecular formula is C9H9FO2. The molecule has 1 rings (SSSR count). The molecule has 0 spiro atoms. The third-order valence-electron chi connectivity index (χ3n) is 1.75. The van der Waals surface area contributed by atoms with Crippen LogP contribution in [0.1, 0.15) is 15.9 Å². The zero-order chi connectivity index (χ0) is 9.14. The normalized spacial score (nSPS) is 9.58. The van der Waals surface area contributed by atoms with Crippen LogP contribution in [0, 0.1) is 12.7 Å². The average Bonchev–Trinajstić information content (AvgIpc) is 2.09. The van der Waals surface area contributed by atoms with Crippen LogP contribution in [0.4, 0.5) is 4.39 Å². The summed E-state index contributed by atoms with van der Waals surface area (Å²) in [7, 11) is 1.44. The lowest BCUT2D eigenvalue weighted by Gasteiger charge is -2.05. The SMILES string of the molecule is COc1ccc(F)c(C)c1C=O. The average molecular weight is 168 g/mol. The quantitative estimate of drug-likeness (QED) is 0.631. The lowest BCUT2D eigenvalue weighted by atomic mass is 10.1. The highest BCUT2D eigenvalue weighted by atomic mass is 19.1. The molecule has 0 saturated heterocycles. The number of ether oxygens (including phenoxy) is 1. The summed E-state index contributed by atoms with van der Waals surface area (Å²) in [6, 6.07) is 2.72. The first-order valence-electron chi connectivity index (χ1n) is 3.49. The molecule has 2 nitrogen and oxygen atoms in total. The van der Waals surface area contributed by atoms with E-state index in [4.69, 9.17) is 4.74 Å². The van der Waals surface area contributed by atoms with Crippen LogP contribution in [0.25, 0.3) is 0 Å². The first-order valence-corrected chi connectivity index (χ1v) is 3.49. The third kappa shape index (κ3) is 1.30. The molecular weight excluding hydrogens is 159 g/mol. The largest absolute Gasteiger partial charge is 0.496 e. The smallest absolute Gasteiger partial charge is 0.154 e. The van der Waals surface area contributed by atoms with E-state index in [1.54, 1.807) is 6.92 Å². The van der Waals surface area contributed by atoms with Gasteiger partial charge < -0.3 is 4.74 Å². The van der Waals surface area contributed by atoms with Gasteiger partial charge in [-0.05, 0) is 24.6 Å². The summed E-state index contributed by atoms with van der Waals surface area (Å²) < 4.78 is 17.7. The molecule has 0 atom stereocenters. The summed E-state index contributed by atoms with van der Waals surface area (Å²) in [5.41, 5.74) is 0.599. The Morgan fingerprint density at radius 3 is 2.67 bits per heavy atom. The van der Waals surface area contributed by atoms with E-state index < -0.39 is 5.82 Å². The highest BCUT2D eigenvalue weighted by molar-refractivity contribution is 5.81. The van der Waals surface area contributed by atoms with Gasteiger partial charge in [0, 0.05) is 0 Å². The predicted molar refractivity (Wildman–Crippen MR) is 43.1 cm³/mol. The van der Waals surface area contributed by atoms with Gasteiger partial charge in [-0.1, -0.05) is 0 Å². The molecule has 0 N–H and O–H groups in total. The van der Waals surface area contributed by atoms with E-state index in [0.29, 0.717) is 17.6 Å². The molecule has 0 aromatic heterocycles. The van der Waals surface area contributed by atoms with E-state index in [1.807, 2.05) is 0 Å². The number of carbonyl (C=O) groups excluding carboxylic acids is 1. The Balaban J connectivity index is 3.35. The van der Waals surface area contributed by atoms with Crippen LogP contribution in [-0.2, 0) is 0 Å². The Bertz CT molecular complexity index is 308. The fraction of sp³-hybridized carbons (Fsp3) is 0.222. The summed E-state index contributed by atoms with van der Waals surface area (Å²) in [5, 5.41) is 0. The molecule has 3 heteroatoms. The highest BCUT2D eigenvalue weighted by Gasteiger charge is 2.08. The Hall–Kier alpha value is -1.38. The number of aldehydes is 1. The molecule has 0 unspecified atom stereocenters. The molecule has 0 aliphatic rings. The summed E-state index contributed by atoms with van der Waals surface area (Å²) in [4.78, 5) is 10.5. The standard InChI is InChI=1S/C9H9FO2/c1-6-7(5-11)9(12-2)4-3-8(6)10/h3-5H,1-2H3. The number of methoxy groups -OCH3 is 1. The first-order chi connectivity index (χ1) is 5.70. The molecule has 64 valence electrons. The van der Waals surface area contributed by atoms with Crippen LogP contribution < -0.4 is 4.74 Å². The van der Waals surface area contributed by atoms with Crippen molar-refractivity contribution in [2.24, 2.45) is 0 Å². The summed E-state index contributed by atoms with van der Waals surface area (Å²) in [6.45, 7) is 1.54. The van der Waals surface area contributed by atoms with Crippen LogP contribution in [0.5, 0.6) is 5.75 Å². The van der Waals surface area contributed by atoms with Crippen molar-refractivity contribution in [2.75, 3.05) is 7.11 Å². The van der Waals surface area contributed by atoms with Gasteiger partial charge in [0.15, 0.2) is 6.29 Å². The van der Waals surface area contributed by atoms with Crippen LogP contribution in [0.2, 0.25) is 0 Å². The zero-order valence-corrected chi connectivity index (χ0v) is 6.93. The van der Waals surface area contributed by atoms with Gasteiger partial charge in [-0.25, -0.2) is 4.39 Å². The number of carbonyl (C=O) groups is 1. The van der Waals surface area contributed by atoms with Crippen molar-refractivity contribution < 1.29 is 13.9 Å². The van der Waals surface area contributed by atoms with Crippen molar-refractivity contribution in [2.45, 2.75) is 6.92 Å². The van der Waals surface area contributed by atoms with Crippen LogP contribution in [0.15, 0.2) is 12.1 Å². The van der Waals surface area contributed by atoms with E-state index in [0.717, 1.165) is 0 Å². The van der Waals surface area contributed by atoms with Crippen molar-refractivity contribution >= 4 is 6.29 Å².